The first kappa shape index (κ1) is 16.0. The van der Waals surface area contributed by atoms with Gasteiger partial charge in [0.2, 0.25) is 5.91 Å². The van der Waals surface area contributed by atoms with E-state index in [0.29, 0.717) is 12.3 Å². The Labute approximate surface area is 105 Å². The van der Waals surface area contributed by atoms with Crippen molar-refractivity contribution in [2.75, 3.05) is 6.54 Å². The minimum absolute atomic E-state index is 0.0309. The third-order valence-corrected chi connectivity index (χ3v) is 3.05. The summed E-state index contributed by atoms with van der Waals surface area (Å²) in [5.41, 5.74) is 0. The molecule has 0 saturated heterocycles. The minimum atomic E-state index is -1.10. The summed E-state index contributed by atoms with van der Waals surface area (Å²) in [7, 11) is 0. The van der Waals surface area contributed by atoms with Crippen LogP contribution >= 0.6 is 11.8 Å². The molecule has 0 rings (SSSR count). The highest BCUT2D eigenvalue weighted by Gasteiger charge is 2.18. The van der Waals surface area contributed by atoms with Crippen LogP contribution in [0, 0.1) is 5.92 Å². The summed E-state index contributed by atoms with van der Waals surface area (Å²) in [6, 6.07) is 0. The summed E-state index contributed by atoms with van der Waals surface area (Å²) in [4.78, 5) is 33.1. The number of carbonyl (C=O) groups excluding carboxylic acids is 2. The third-order valence-electron chi connectivity index (χ3n) is 2.02. The Hall–Kier alpha value is -1.04. The molecule has 0 aliphatic heterocycles. The molecule has 6 heteroatoms. The van der Waals surface area contributed by atoms with Crippen LogP contribution in [0.25, 0.3) is 0 Å². The maximum absolute atomic E-state index is 11.5. The predicted molar refractivity (Wildman–Crippen MR) is 66.8 cm³/mol. The van der Waals surface area contributed by atoms with Crippen LogP contribution in [0.3, 0.4) is 0 Å². The number of aliphatic carboxylic acids is 1. The van der Waals surface area contributed by atoms with Crippen molar-refractivity contribution in [3.8, 4) is 0 Å². The Kier molecular flexibility index (Phi) is 7.61. The molecule has 0 aromatic carbocycles. The Balaban J connectivity index is 3.90. The van der Waals surface area contributed by atoms with Crippen molar-refractivity contribution in [2.24, 2.45) is 5.92 Å². The Morgan fingerprint density at radius 3 is 2.29 bits per heavy atom. The zero-order chi connectivity index (χ0) is 13.4. The number of amides is 1. The highest BCUT2D eigenvalue weighted by Crippen LogP contribution is 2.16. The fraction of sp³-hybridized carbons (Fsp3) is 0.727. The number of carbonyl (C=O) groups is 3. The van der Waals surface area contributed by atoms with Gasteiger partial charge in [0, 0.05) is 6.42 Å². The Morgan fingerprint density at radius 1 is 1.24 bits per heavy atom. The van der Waals surface area contributed by atoms with Crippen LogP contribution in [0.5, 0.6) is 0 Å². The molecule has 0 aliphatic carbocycles. The molecule has 0 aliphatic rings. The molecule has 0 fully saturated rings. The van der Waals surface area contributed by atoms with E-state index < -0.39 is 23.7 Å². The van der Waals surface area contributed by atoms with E-state index in [1.165, 1.54) is 0 Å². The first-order valence-electron chi connectivity index (χ1n) is 5.52. The topological polar surface area (TPSA) is 83.5 Å². The van der Waals surface area contributed by atoms with E-state index in [4.69, 9.17) is 5.11 Å². The predicted octanol–water partition coefficient (Wildman–Crippen LogP) is 1.27. The normalized spacial score (nSPS) is 12.2. The highest BCUT2D eigenvalue weighted by molar-refractivity contribution is 8.14. The standard InChI is InChI=1S/C11H19NO4S/c1-7(2)4-5-10(15)17-8(3)11(16)12-6-9(13)14/h7-8H,4-6H2,1-3H3,(H,12,16)(H,13,14). The second-order valence-electron chi connectivity index (χ2n) is 4.18. The molecule has 1 amide bonds. The lowest BCUT2D eigenvalue weighted by Gasteiger charge is -2.10. The number of carboxylic acids is 1. The van der Waals surface area contributed by atoms with E-state index in [-0.39, 0.29) is 5.12 Å². The molecule has 0 aromatic rings. The average molecular weight is 261 g/mol. The van der Waals surface area contributed by atoms with Crippen molar-refractivity contribution >= 4 is 28.8 Å². The maximum Gasteiger partial charge on any atom is 0.322 e. The van der Waals surface area contributed by atoms with Gasteiger partial charge in [-0.05, 0) is 19.3 Å². The van der Waals surface area contributed by atoms with Crippen LogP contribution < -0.4 is 5.32 Å². The lowest BCUT2D eigenvalue weighted by molar-refractivity contribution is -0.137. The van der Waals surface area contributed by atoms with Crippen LogP contribution in [0.15, 0.2) is 0 Å². The molecule has 98 valence electrons. The molecule has 1 unspecified atom stereocenters. The van der Waals surface area contributed by atoms with Gasteiger partial charge in [-0.25, -0.2) is 0 Å². The fourth-order valence-electron chi connectivity index (χ4n) is 1.02. The van der Waals surface area contributed by atoms with Crippen LogP contribution in [-0.2, 0) is 14.4 Å². The Morgan fingerprint density at radius 2 is 1.82 bits per heavy atom. The molecule has 0 heterocycles. The maximum atomic E-state index is 11.5. The van der Waals surface area contributed by atoms with E-state index in [0.717, 1.165) is 18.2 Å². The number of hydrogen-bond acceptors (Lipinski definition) is 4. The summed E-state index contributed by atoms with van der Waals surface area (Å²) < 4.78 is 0. The van der Waals surface area contributed by atoms with Crippen molar-refractivity contribution in [3.05, 3.63) is 0 Å². The number of thioether (sulfide) groups is 1. The first-order valence-corrected chi connectivity index (χ1v) is 6.40. The highest BCUT2D eigenvalue weighted by atomic mass is 32.2. The van der Waals surface area contributed by atoms with E-state index >= 15 is 0 Å². The number of carboxylic acid groups (broad SMARTS) is 1. The second-order valence-corrected chi connectivity index (χ2v) is 5.57. The number of nitrogens with one attached hydrogen (secondary N) is 1. The van der Waals surface area contributed by atoms with Crippen molar-refractivity contribution in [2.45, 2.75) is 38.9 Å². The van der Waals surface area contributed by atoms with Crippen molar-refractivity contribution in [1.29, 1.82) is 0 Å². The van der Waals surface area contributed by atoms with E-state index in [2.05, 4.69) is 5.32 Å². The van der Waals surface area contributed by atoms with Gasteiger partial charge in [-0.15, -0.1) is 0 Å². The molecule has 5 nitrogen and oxygen atoms in total. The summed E-state index contributed by atoms with van der Waals surface area (Å²) in [6.07, 6.45) is 1.24. The van der Waals surface area contributed by atoms with Crippen molar-refractivity contribution in [1.82, 2.24) is 5.32 Å². The van der Waals surface area contributed by atoms with Crippen LogP contribution in [0.4, 0.5) is 0 Å². The van der Waals surface area contributed by atoms with Gasteiger partial charge in [-0.1, -0.05) is 25.6 Å². The van der Waals surface area contributed by atoms with Gasteiger partial charge in [0.05, 0.1) is 5.25 Å². The fourth-order valence-corrected chi connectivity index (χ4v) is 1.84. The third kappa shape index (κ3) is 8.74. The molecule has 0 spiro atoms. The Bertz CT molecular complexity index is 291. The summed E-state index contributed by atoms with van der Waals surface area (Å²) in [6.45, 7) is 5.24. The smallest absolute Gasteiger partial charge is 0.322 e. The zero-order valence-electron chi connectivity index (χ0n) is 10.4. The number of hydrogen-bond donors (Lipinski definition) is 2. The van der Waals surface area contributed by atoms with Gasteiger partial charge < -0.3 is 10.4 Å². The van der Waals surface area contributed by atoms with Gasteiger partial charge in [-0.3, -0.25) is 14.4 Å². The lowest BCUT2D eigenvalue weighted by atomic mass is 10.1. The monoisotopic (exact) mass is 261 g/mol. The second kappa shape index (κ2) is 8.11. The summed E-state index contributed by atoms with van der Waals surface area (Å²) in [5, 5.41) is 10.0. The SMILES string of the molecule is CC(C)CCC(=O)SC(C)C(=O)NCC(=O)O. The quantitative estimate of drug-likeness (QED) is 0.721. The van der Waals surface area contributed by atoms with Gasteiger partial charge in [-0.2, -0.15) is 0 Å². The van der Waals surface area contributed by atoms with Gasteiger partial charge in [0.25, 0.3) is 0 Å². The van der Waals surface area contributed by atoms with Gasteiger partial charge in [0.15, 0.2) is 5.12 Å². The molecule has 17 heavy (non-hydrogen) atoms. The largest absolute Gasteiger partial charge is 0.480 e. The molecular formula is C11H19NO4S. The van der Waals surface area contributed by atoms with E-state index in [1.807, 2.05) is 13.8 Å². The van der Waals surface area contributed by atoms with Crippen molar-refractivity contribution in [3.63, 3.8) is 0 Å². The van der Waals surface area contributed by atoms with E-state index in [1.54, 1.807) is 6.92 Å². The van der Waals surface area contributed by atoms with Crippen LogP contribution in [0.1, 0.15) is 33.6 Å². The molecule has 0 bridgehead atoms. The first-order chi connectivity index (χ1) is 7.82. The molecular weight excluding hydrogens is 242 g/mol. The van der Waals surface area contributed by atoms with Gasteiger partial charge >= 0.3 is 5.97 Å². The van der Waals surface area contributed by atoms with Crippen LogP contribution in [0.2, 0.25) is 0 Å². The van der Waals surface area contributed by atoms with Crippen LogP contribution in [-0.4, -0.2) is 33.9 Å². The summed E-state index contributed by atoms with van der Waals surface area (Å²) >= 11 is 0.957. The summed E-state index contributed by atoms with van der Waals surface area (Å²) in [5.74, 6) is -1.06. The molecule has 0 saturated carbocycles. The van der Waals surface area contributed by atoms with E-state index in [9.17, 15) is 14.4 Å². The minimum Gasteiger partial charge on any atom is -0.480 e. The lowest BCUT2D eigenvalue weighted by Crippen LogP contribution is -2.35. The number of rotatable bonds is 7. The molecule has 0 aromatic heterocycles. The molecule has 0 radical (unpaired) electrons. The van der Waals surface area contributed by atoms with Crippen molar-refractivity contribution < 1.29 is 19.5 Å². The van der Waals surface area contributed by atoms with Gasteiger partial charge in [0.1, 0.15) is 6.54 Å². The zero-order valence-corrected chi connectivity index (χ0v) is 11.2. The molecule has 2 N–H and O–H groups in total. The average Bonchev–Trinajstić information content (AvgIpc) is 2.22. The molecule has 1 atom stereocenters.